The molecule has 1 saturated heterocycles. The fraction of sp³-hybridized carbons (Fsp3) is 0.647. The number of nitrogens with one attached hydrogen (secondary N) is 1. The fourth-order valence-electron chi connectivity index (χ4n) is 2.91. The van der Waals surface area contributed by atoms with Gasteiger partial charge >= 0.3 is 0 Å². The van der Waals surface area contributed by atoms with Gasteiger partial charge in [-0.1, -0.05) is 32.0 Å². The van der Waals surface area contributed by atoms with Gasteiger partial charge in [-0.25, -0.2) is 0 Å². The van der Waals surface area contributed by atoms with Crippen LogP contribution in [0.25, 0.3) is 0 Å². The van der Waals surface area contributed by atoms with Crippen LogP contribution in [0.3, 0.4) is 0 Å². The van der Waals surface area contributed by atoms with Crippen molar-refractivity contribution in [2.45, 2.75) is 45.3 Å². The molecule has 0 radical (unpaired) electrons. The zero-order valence-corrected chi connectivity index (χ0v) is 12.8. The molecule has 1 heterocycles. The molecule has 0 aliphatic carbocycles. The number of anilines is 1. The minimum atomic E-state index is -0.206. The highest BCUT2D eigenvalue weighted by molar-refractivity contribution is 5.46. The Morgan fingerprint density at radius 1 is 1.20 bits per heavy atom. The summed E-state index contributed by atoms with van der Waals surface area (Å²) in [6, 6.07) is 11.2. The van der Waals surface area contributed by atoms with Gasteiger partial charge in [0.05, 0.1) is 6.10 Å². The van der Waals surface area contributed by atoms with Crippen molar-refractivity contribution < 1.29 is 5.11 Å². The summed E-state index contributed by atoms with van der Waals surface area (Å²) in [5, 5.41) is 13.4. The molecule has 0 bridgehead atoms. The van der Waals surface area contributed by atoms with Crippen molar-refractivity contribution in [3.8, 4) is 0 Å². The highest BCUT2D eigenvalue weighted by atomic mass is 16.3. The molecule has 1 aliphatic heterocycles. The maximum Gasteiger partial charge on any atom is 0.0667 e. The molecule has 0 aromatic heterocycles. The number of piperidine rings is 1. The second-order valence-corrected chi connectivity index (χ2v) is 6.29. The lowest BCUT2D eigenvalue weighted by molar-refractivity contribution is 0.140. The molecule has 1 atom stereocenters. The van der Waals surface area contributed by atoms with E-state index in [1.165, 1.54) is 5.69 Å². The van der Waals surface area contributed by atoms with Gasteiger partial charge in [0.25, 0.3) is 0 Å². The van der Waals surface area contributed by atoms with E-state index in [0.29, 0.717) is 12.0 Å². The third-order valence-corrected chi connectivity index (χ3v) is 4.00. The van der Waals surface area contributed by atoms with Crippen molar-refractivity contribution in [3.63, 3.8) is 0 Å². The van der Waals surface area contributed by atoms with Gasteiger partial charge in [-0.2, -0.15) is 0 Å². The first-order chi connectivity index (χ1) is 9.65. The molecule has 1 unspecified atom stereocenters. The number of hydrogen-bond donors (Lipinski definition) is 2. The second-order valence-electron chi connectivity index (χ2n) is 6.29. The molecule has 3 heteroatoms. The molecule has 112 valence electrons. The van der Waals surface area contributed by atoms with E-state index in [1.807, 2.05) is 0 Å². The van der Waals surface area contributed by atoms with E-state index in [4.69, 9.17) is 0 Å². The van der Waals surface area contributed by atoms with Crippen molar-refractivity contribution in [2.24, 2.45) is 5.92 Å². The molecule has 1 aliphatic rings. The monoisotopic (exact) mass is 276 g/mol. The summed E-state index contributed by atoms with van der Waals surface area (Å²) in [4.78, 5) is 2.45. The Hall–Kier alpha value is -1.06. The first-order valence-corrected chi connectivity index (χ1v) is 7.86. The predicted molar refractivity (Wildman–Crippen MR) is 85.1 cm³/mol. The minimum absolute atomic E-state index is 0.206. The lowest BCUT2D eigenvalue weighted by atomic mass is 10.0. The maximum atomic E-state index is 9.91. The maximum absolute atomic E-state index is 9.91. The van der Waals surface area contributed by atoms with Crippen LogP contribution >= 0.6 is 0 Å². The molecule has 1 aromatic carbocycles. The van der Waals surface area contributed by atoms with Gasteiger partial charge in [0.1, 0.15) is 0 Å². The molecule has 2 rings (SSSR count). The van der Waals surface area contributed by atoms with E-state index in [-0.39, 0.29) is 6.10 Å². The van der Waals surface area contributed by atoms with Gasteiger partial charge < -0.3 is 15.3 Å². The molecule has 1 aromatic rings. The van der Waals surface area contributed by atoms with Gasteiger partial charge in [0.15, 0.2) is 0 Å². The van der Waals surface area contributed by atoms with Crippen molar-refractivity contribution in [1.82, 2.24) is 5.32 Å². The number of aliphatic hydroxyl groups is 1. The molecule has 0 saturated carbocycles. The lowest BCUT2D eigenvalue weighted by Crippen LogP contribution is -2.44. The second kappa shape index (κ2) is 7.65. The molecule has 0 spiro atoms. The summed E-state index contributed by atoms with van der Waals surface area (Å²) in [5.41, 5.74) is 1.32. The fourth-order valence-corrected chi connectivity index (χ4v) is 2.91. The summed E-state index contributed by atoms with van der Waals surface area (Å²) in [5.74, 6) is 0.562. The lowest BCUT2D eigenvalue weighted by Gasteiger charge is -2.34. The number of benzene rings is 1. The van der Waals surface area contributed by atoms with Crippen molar-refractivity contribution in [1.29, 1.82) is 0 Å². The number of hydrogen-bond acceptors (Lipinski definition) is 3. The standard InChI is InChI=1S/C17H28N2O/c1-14(2)12-17(20)13-18-15-8-10-19(11-9-15)16-6-4-3-5-7-16/h3-7,14-15,17-18,20H,8-13H2,1-2H3. The average molecular weight is 276 g/mol. The number of aliphatic hydroxyl groups excluding tert-OH is 1. The third-order valence-electron chi connectivity index (χ3n) is 4.00. The summed E-state index contributed by atoms with van der Waals surface area (Å²) in [6.07, 6.45) is 2.99. The van der Waals surface area contributed by atoms with Crippen LogP contribution in [0.1, 0.15) is 33.1 Å². The van der Waals surface area contributed by atoms with Crippen LogP contribution in [0, 0.1) is 5.92 Å². The molecule has 3 nitrogen and oxygen atoms in total. The zero-order chi connectivity index (χ0) is 14.4. The minimum Gasteiger partial charge on any atom is -0.392 e. The predicted octanol–water partition coefficient (Wildman–Crippen LogP) is 2.65. The molecule has 20 heavy (non-hydrogen) atoms. The van der Waals surface area contributed by atoms with Crippen LogP contribution in [0.15, 0.2) is 30.3 Å². The topological polar surface area (TPSA) is 35.5 Å². The Labute approximate surface area is 123 Å². The summed E-state index contributed by atoms with van der Waals surface area (Å²) in [6.45, 7) is 7.24. The third kappa shape index (κ3) is 4.80. The molecule has 0 amide bonds. The van der Waals surface area contributed by atoms with E-state index < -0.39 is 0 Å². The van der Waals surface area contributed by atoms with Crippen LogP contribution < -0.4 is 10.2 Å². The van der Waals surface area contributed by atoms with Crippen molar-refractivity contribution >= 4 is 5.69 Å². The Kier molecular flexibility index (Phi) is 5.86. The molecule has 1 fully saturated rings. The van der Waals surface area contributed by atoms with E-state index in [1.54, 1.807) is 0 Å². The van der Waals surface area contributed by atoms with Crippen LogP contribution in [0.4, 0.5) is 5.69 Å². The Balaban J connectivity index is 1.69. The van der Waals surface area contributed by atoms with Gasteiger partial charge in [0, 0.05) is 31.4 Å². The van der Waals surface area contributed by atoms with Gasteiger partial charge in [0.2, 0.25) is 0 Å². The summed E-state index contributed by atoms with van der Waals surface area (Å²) >= 11 is 0. The number of rotatable bonds is 6. The van der Waals surface area contributed by atoms with Gasteiger partial charge in [-0.3, -0.25) is 0 Å². The van der Waals surface area contributed by atoms with E-state index in [0.717, 1.165) is 38.9 Å². The highest BCUT2D eigenvalue weighted by Gasteiger charge is 2.19. The van der Waals surface area contributed by atoms with Crippen molar-refractivity contribution in [2.75, 3.05) is 24.5 Å². The smallest absolute Gasteiger partial charge is 0.0667 e. The number of para-hydroxylation sites is 1. The first-order valence-electron chi connectivity index (χ1n) is 7.86. The van der Waals surface area contributed by atoms with Crippen LogP contribution in [0.5, 0.6) is 0 Å². The van der Waals surface area contributed by atoms with Crippen molar-refractivity contribution in [3.05, 3.63) is 30.3 Å². The largest absolute Gasteiger partial charge is 0.392 e. The van der Waals surface area contributed by atoms with Crippen LogP contribution in [0.2, 0.25) is 0 Å². The van der Waals surface area contributed by atoms with E-state index >= 15 is 0 Å². The van der Waals surface area contributed by atoms with Crippen LogP contribution in [-0.2, 0) is 0 Å². The molecular weight excluding hydrogens is 248 g/mol. The van der Waals surface area contributed by atoms with Gasteiger partial charge in [-0.05, 0) is 37.3 Å². The SMILES string of the molecule is CC(C)CC(O)CNC1CCN(c2ccccc2)CC1. The van der Waals surface area contributed by atoms with E-state index in [2.05, 4.69) is 54.4 Å². The Morgan fingerprint density at radius 3 is 2.45 bits per heavy atom. The van der Waals surface area contributed by atoms with Gasteiger partial charge in [-0.15, -0.1) is 0 Å². The first kappa shape index (κ1) is 15.3. The average Bonchev–Trinajstić information content (AvgIpc) is 2.46. The Morgan fingerprint density at radius 2 is 1.85 bits per heavy atom. The van der Waals surface area contributed by atoms with Crippen LogP contribution in [-0.4, -0.2) is 36.9 Å². The highest BCUT2D eigenvalue weighted by Crippen LogP contribution is 2.19. The molecule has 2 N–H and O–H groups in total. The summed E-state index contributed by atoms with van der Waals surface area (Å²) in [7, 11) is 0. The van der Waals surface area contributed by atoms with E-state index in [9.17, 15) is 5.11 Å². The molecular formula is C17H28N2O. The summed E-state index contributed by atoms with van der Waals surface area (Å²) < 4.78 is 0. The Bertz CT molecular complexity index is 372. The zero-order valence-electron chi connectivity index (χ0n) is 12.8. The number of nitrogens with zero attached hydrogens (tertiary/aromatic N) is 1. The quantitative estimate of drug-likeness (QED) is 0.838. The normalized spacial score (nSPS) is 18.5.